The minimum absolute atomic E-state index is 0.0959. The number of anilines is 1. The molecule has 142 valence electrons. The predicted octanol–water partition coefficient (Wildman–Crippen LogP) is 2.15. The summed E-state index contributed by atoms with van der Waals surface area (Å²) >= 11 is 0. The van der Waals surface area contributed by atoms with Crippen LogP contribution in [-0.2, 0) is 4.79 Å². The van der Waals surface area contributed by atoms with Crippen molar-refractivity contribution in [3.8, 4) is 5.75 Å². The van der Waals surface area contributed by atoms with E-state index in [0.717, 1.165) is 0 Å². The van der Waals surface area contributed by atoms with Crippen molar-refractivity contribution in [2.24, 2.45) is 17.6 Å². The number of nitrogens with zero attached hydrogens (tertiary/aromatic N) is 1. The van der Waals surface area contributed by atoms with Gasteiger partial charge in [0.15, 0.2) is 0 Å². The number of carboxylic acid groups (broad SMARTS) is 1. The third-order valence-corrected chi connectivity index (χ3v) is 4.16. The van der Waals surface area contributed by atoms with Gasteiger partial charge in [-0.15, -0.1) is 0 Å². The molecule has 8 heteroatoms. The fraction of sp³-hybridized carbons (Fsp3) is 0.500. The smallest absolute Gasteiger partial charge is 0.321 e. The number of nitrogens with one attached hydrogen (secondary N) is 1. The second-order valence-electron chi connectivity index (χ2n) is 6.95. The average molecular weight is 363 g/mol. The summed E-state index contributed by atoms with van der Waals surface area (Å²) < 4.78 is 5.55. The molecule has 1 fully saturated rings. The number of ether oxygens (including phenoxy) is 1. The van der Waals surface area contributed by atoms with Crippen molar-refractivity contribution < 1.29 is 24.2 Å². The molecule has 0 saturated carbocycles. The summed E-state index contributed by atoms with van der Waals surface area (Å²) in [5.41, 5.74) is 5.96. The number of primary amides is 1. The Hall–Kier alpha value is -2.77. The number of amides is 3. The van der Waals surface area contributed by atoms with Crippen LogP contribution >= 0.6 is 0 Å². The van der Waals surface area contributed by atoms with E-state index in [-0.39, 0.29) is 24.1 Å². The van der Waals surface area contributed by atoms with Gasteiger partial charge in [0.25, 0.3) is 5.91 Å². The molecule has 1 aliphatic rings. The molecule has 0 spiro atoms. The number of aliphatic carboxylic acids is 1. The highest BCUT2D eigenvalue weighted by Crippen LogP contribution is 2.25. The molecule has 4 N–H and O–H groups in total. The molecule has 2 unspecified atom stereocenters. The van der Waals surface area contributed by atoms with Crippen LogP contribution in [0.1, 0.15) is 37.6 Å². The Kier molecular flexibility index (Phi) is 6.07. The molecule has 0 aliphatic carbocycles. The number of carbonyl (C=O) groups is 3. The lowest BCUT2D eigenvalue weighted by Crippen LogP contribution is -2.47. The lowest BCUT2D eigenvalue weighted by atomic mass is 9.91. The Bertz CT molecular complexity index is 704. The van der Waals surface area contributed by atoms with Crippen molar-refractivity contribution in [1.29, 1.82) is 0 Å². The highest BCUT2D eigenvalue weighted by Gasteiger charge is 2.32. The van der Waals surface area contributed by atoms with E-state index in [1.807, 2.05) is 20.8 Å². The molecule has 0 radical (unpaired) electrons. The number of rotatable bonds is 5. The van der Waals surface area contributed by atoms with Crippen LogP contribution in [-0.4, -0.2) is 47.1 Å². The van der Waals surface area contributed by atoms with Crippen LogP contribution in [0.4, 0.5) is 10.5 Å². The molecule has 1 saturated heterocycles. The van der Waals surface area contributed by atoms with Gasteiger partial charge < -0.3 is 25.8 Å². The Morgan fingerprint density at radius 3 is 2.58 bits per heavy atom. The fourth-order valence-electron chi connectivity index (χ4n) is 3.06. The number of urea groups is 1. The van der Waals surface area contributed by atoms with E-state index in [1.165, 1.54) is 11.0 Å². The van der Waals surface area contributed by atoms with E-state index >= 15 is 0 Å². The van der Waals surface area contributed by atoms with E-state index in [4.69, 9.17) is 10.5 Å². The first kappa shape index (κ1) is 19.6. The van der Waals surface area contributed by atoms with Crippen LogP contribution in [0.3, 0.4) is 0 Å². The number of piperidine rings is 1. The summed E-state index contributed by atoms with van der Waals surface area (Å²) in [6.45, 7) is 6.21. The van der Waals surface area contributed by atoms with Crippen LogP contribution < -0.4 is 15.8 Å². The van der Waals surface area contributed by atoms with Gasteiger partial charge >= 0.3 is 12.0 Å². The van der Waals surface area contributed by atoms with Gasteiger partial charge in [0, 0.05) is 18.8 Å². The van der Waals surface area contributed by atoms with Gasteiger partial charge in [0.1, 0.15) is 5.75 Å². The van der Waals surface area contributed by atoms with Crippen molar-refractivity contribution in [3.05, 3.63) is 23.8 Å². The Labute approximate surface area is 152 Å². The van der Waals surface area contributed by atoms with Gasteiger partial charge in [-0.2, -0.15) is 0 Å². The van der Waals surface area contributed by atoms with Crippen molar-refractivity contribution >= 4 is 23.6 Å². The summed E-state index contributed by atoms with van der Waals surface area (Å²) in [5.74, 6) is -1.69. The molecule has 26 heavy (non-hydrogen) atoms. The monoisotopic (exact) mass is 363 g/mol. The third-order valence-electron chi connectivity index (χ3n) is 4.16. The topological polar surface area (TPSA) is 122 Å². The maximum atomic E-state index is 12.5. The molecule has 0 aromatic heterocycles. The Balaban J connectivity index is 2.14. The SMILES string of the molecule is CC1CC(C(=O)O)CN(C(=O)Nc2ccc(OC(C)C)c(C(N)=O)c2)C1. The number of carboxylic acids is 1. The zero-order valence-corrected chi connectivity index (χ0v) is 15.2. The number of hydrogen-bond donors (Lipinski definition) is 3. The molecule has 2 atom stereocenters. The standard InChI is InChI=1S/C18H25N3O5/c1-10(2)26-15-5-4-13(7-14(15)16(19)22)20-18(25)21-8-11(3)6-12(9-21)17(23)24/h4-5,7,10-12H,6,8-9H2,1-3H3,(H2,19,22)(H,20,25)(H,23,24). The zero-order valence-electron chi connectivity index (χ0n) is 15.2. The summed E-state index contributed by atoms with van der Waals surface area (Å²) in [4.78, 5) is 36.9. The van der Waals surface area contributed by atoms with Crippen molar-refractivity contribution in [2.75, 3.05) is 18.4 Å². The highest BCUT2D eigenvalue weighted by atomic mass is 16.5. The maximum absolute atomic E-state index is 12.5. The fourth-order valence-corrected chi connectivity index (χ4v) is 3.06. The van der Waals surface area contributed by atoms with E-state index in [0.29, 0.717) is 24.4 Å². The maximum Gasteiger partial charge on any atom is 0.321 e. The van der Waals surface area contributed by atoms with Gasteiger partial charge in [0.05, 0.1) is 17.6 Å². The minimum atomic E-state index is -0.902. The highest BCUT2D eigenvalue weighted by molar-refractivity contribution is 5.98. The van der Waals surface area contributed by atoms with Crippen LogP contribution in [0.2, 0.25) is 0 Å². The second kappa shape index (κ2) is 8.07. The first-order valence-corrected chi connectivity index (χ1v) is 8.56. The lowest BCUT2D eigenvalue weighted by Gasteiger charge is -2.34. The molecule has 1 aromatic carbocycles. The summed E-state index contributed by atoms with van der Waals surface area (Å²) in [6.07, 6.45) is 0.419. The summed E-state index contributed by atoms with van der Waals surface area (Å²) in [6, 6.07) is 4.24. The minimum Gasteiger partial charge on any atom is -0.490 e. The van der Waals surface area contributed by atoms with Crippen molar-refractivity contribution in [3.63, 3.8) is 0 Å². The third kappa shape index (κ3) is 4.87. The molecular weight excluding hydrogens is 338 g/mol. The largest absolute Gasteiger partial charge is 0.490 e. The summed E-state index contributed by atoms with van der Waals surface area (Å²) in [7, 11) is 0. The van der Waals surface area contributed by atoms with E-state index < -0.39 is 23.8 Å². The summed E-state index contributed by atoms with van der Waals surface area (Å²) in [5, 5.41) is 11.9. The molecule has 1 aromatic rings. The van der Waals surface area contributed by atoms with Crippen molar-refractivity contribution in [1.82, 2.24) is 4.90 Å². The van der Waals surface area contributed by atoms with E-state index in [1.54, 1.807) is 12.1 Å². The lowest BCUT2D eigenvalue weighted by molar-refractivity contribution is -0.143. The van der Waals surface area contributed by atoms with Crippen molar-refractivity contribution in [2.45, 2.75) is 33.3 Å². The first-order valence-electron chi connectivity index (χ1n) is 8.56. The van der Waals surface area contributed by atoms with E-state index in [9.17, 15) is 19.5 Å². The molecule has 0 bridgehead atoms. The number of nitrogens with two attached hydrogens (primary N) is 1. The molecule has 8 nitrogen and oxygen atoms in total. The molecule has 1 aliphatic heterocycles. The molecule has 1 heterocycles. The molecule has 2 rings (SSSR count). The van der Waals surface area contributed by atoms with Gasteiger partial charge in [-0.1, -0.05) is 6.92 Å². The number of hydrogen-bond acceptors (Lipinski definition) is 4. The number of carbonyl (C=O) groups excluding carboxylic acids is 2. The van der Waals surface area contributed by atoms with Gasteiger partial charge in [-0.05, 0) is 44.4 Å². The molecular formula is C18H25N3O5. The van der Waals surface area contributed by atoms with Crippen LogP contribution in [0.25, 0.3) is 0 Å². The zero-order chi connectivity index (χ0) is 19.4. The Morgan fingerprint density at radius 1 is 1.31 bits per heavy atom. The number of likely N-dealkylation sites (tertiary alicyclic amines) is 1. The quantitative estimate of drug-likeness (QED) is 0.740. The van der Waals surface area contributed by atoms with Crippen LogP contribution in [0, 0.1) is 11.8 Å². The van der Waals surface area contributed by atoms with Gasteiger partial charge in [-0.3, -0.25) is 9.59 Å². The Morgan fingerprint density at radius 2 is 2.00 bits per heavy atom. The average Bonchev–Trinajstić information content (AvgIpc) is 2.54. The second-order valence-corrected chi connectivity index (χ2v) is 6.95. The van der Waals surface area contributed by atoms with Crippen LogP contribution in [0.15, 0.2) is 18.2 Å². The number of benzene rings is 1. The predicted molar refractivity (Wildman–Crippen MR) is 96.2 cm³/mol. The molecule has 3 amide bonds. The first-order chi connectivity index (χ1) is 12.2. The van der Waals surface area contributed by atoms with Crippen LogP contribution in [0.5, 0.6) is 5.75 Å². The normalized spacial score (nSPS) is 19.9. The van der Waals surface area contributed by atoms with E-state index in [2.05, 4.69) is 5.32 Å². The van der Waals surface area contributed by atoms with Gasteiger partial charge in [-0.25, -0.2) is 4.79 Å². The van der Waals surface area contributed by atoms with Gasteiger partial charge in [0.2, 0.25) is 0 Å².